The van der Waals surface area contributed by atoms with E-state index in [9.17, 15) is 19.7 Å². The molecule has 2 aliphatic rings. The lowest BCUT2D eigenvalue weighted by Crippen LogP contribution is -2.46. The normalized spacial score (nSPS) is 19.4. The lowest BCUT2D eigenvalue weighted by molar-refractivity contribution is -0.384. The van der Waals surface area contributed by atoms with Crippen LogP contribution in [0, 0.1) is 10.1 Å². The molecule has 9 nitrogen and oxygen atoms in total. The van der Waals surface area contributed by atoms with Crippen LogP contribution >= 0.6 is 12.4 Å². The van der Waals surface area contributed by atoms with E-state index in [1.807, 2.05) is 0 Å². The number of hydrogen-bond donors (Lipinski definition) is 1. The standard InChI is InChI=1S/C14H16N4O5.ClH/c15-9-3-4-16(6-9)13(19)7-17-11-5-10(18(21)22)1-2-12(11)23-8-14(17)20;/h1-2,5,9H,3-4,6-8,15H2;1H/t9-;/m1./s1. The summed E-state index contributed by atoms with van der Waals surface area (Å²) in [5, 5.41) is 10.9. The van der Waals surface area contributed by atoms with Gasteiger partial charge >= 0.3 is 0 Å². The van der Waals surface area contributed by atoms with Crippen LogP contribution in [0.5, 0.6) is 5.75 Å². The summed E-state index contributed by atoms with van der Waals surface area (Å²) < 4.78 is 5.27. The number of nitro benzene ring substituents is 1. The second kappa shape index (κ2) is 7.02. The fraction of sp³-hybridized carbons (Fsp3) is 0.429. The topological polar surface area (TPSA) is 119 Å². The highest BCUT2D eigenvalue weighted by Gasteiger charge is 2.32. The summed E-state index contributed by atoms with van der Waals surface area (Å²) in [4.78, 5) is 37.6. The van der Waals surface area contributed by atoms with Crippen molar-refractivity contribution in [2.45, 2.75) is 12.5 Å². The highest BCUT2D eigenvalue weighted by atomic mass is 35.5. The van der Waals surface area contributed by atoms with Crippen LogP contribution < -0.4 is 15.4 Å². The molecular formula is C14H17ClN4O5. The molecule has 1 saturated heterocycles. The first-order valence-corrected chi connectivity index (χ1v) is 7.20. The quantitative estimate of drug-likeness (QED) is 0.614. The maximum atomic E-state index is 12.3. The van der Waals surface area contributed by atoms with Crippen molar-refractivity contribution >= 4 is 35.6 Å². The van der Waals surface area contributed by atoms with E-state index in [1.54, 1.807) is 4.90 Å². The number of likely N-dealkylation sites (tertiary alicyclic amines) is 1. The number of carbonyl (C=O) groups is 2. The van der Waals surface area contributed by atoms with Gasteiger partial charge in [0.05, 0.1) is 10.6 Å². The first-order chi connectivity index (χ1) is 11.0. The van der Waals surface area contributed by atoms with E-state index in [4.69, 9.17) is 10.5 Å². The molecule has 1 aromatic rings. The minimum Gasteiger partial charge on any atom is -0.482 e. The molecule has 2 N–H and O–H groups in total. The molecule has 0 aliphatic carbocycles. The number of anilines is 1. The van der Waals surface area contributed by atoms with Crippen molar-refractivity contribution in [1.82, 2.24) is 4.90 Å². The van der Waals surface area contributed by atoms with E-state index in [0.717, 1.165) is 6.42 Å². The number of fused-ring (bicyclic) bond motifs is 1. The predicted molar refractivity (Wildman–Crippen MR) is 87.4 cm³/mol. The molecule has 2 heterocycles. The van der Waals surface area contributed by atoms with Crippen molar-refractivity contribution in [3.8, 4) is 5.75 Å². The molecule has 0 radical (unpaired) electrons. The fourth-order valence-electron chi connectivity index (χ4n) is 2.73. The smallest absolute Gasteiger partial charge is 0.271 e. The number of nitrogens with two attached hydrogens (primary N) is 1. The molecule has 0 spiro atoms. The van der Waals surface area contributed by atoms with Crippen molar-refractivity contribution in [3.63, 3.8) is 0 Å². The molecule has 0 aromatic heterocycles. The number of ether oxygens (including phenoxy) is 1. The van der Waals surface area contributed by atoms with Gasteiger partial charge in [-0.2, -0.15) is 0 Å². The van der Waals surface area contributed by atoms with Crippen LogP contribution in [-0.4, -0.2) is 53.9 Å². The van der Waals surface area contributed by atoms with Gasteiger partial charge in [-0.1, -0.05) is 0 Å². The molecule has 10 heteroatoms. The maximum Gasteiger partial charge on any atom is 0.271 e. The lowest BCUT2D eigenvalue weighted by atomic mass is 10.2. The molecule has 24 heavy (non-hydrogen) atoms. The van der Waals surface area contributed by atoms with E-state index in [1.165, 1.54) is 23.1 Å². The van der Waals surface area contributed by atoms with Gasteiger partial charge in [0.25, 0.3) is 11.6 Å². The highest BCUT2D eigenvalue weighted by Crippen LogP contribution is 2.35. The number of non-ortho nitro benzene ring substituents is 1. The number of benzene rings is 1. The zero-order valence-corrected chi connectivity index (χ0v) is 13.5. The fourth-order valence-corrected chi connectivity index (χ4v) is 2.73. The van der Waals surface area contributed by atoms with E-state index >= 15 is 0 Å². The van der Waals surface area contributed by atoms with Gasteiger partial charge < -0.3 is 15.4 Å². The van der Waals surface area contributed by atoms with Gasteiger partial charge in [0.15, 0.2) is 6.61 Å². The Kier molecular flexibility index (Phi) is 5.25. The Morgan fingerprint density at radius 3 is 2.83 bits per heavy atom. The largest absolute Gasteiger partial charge is 0.482 e. The van der Waals surface area contributed by atoms with E-state index in [0.29, 0.717) is 18.8 Å². The summed E-state index contributed by atoms with van der Waals surface area (Å²) in [6.07, 6.45) is 0.727. The average molecular weight is 357 g/mol. The second-order valence-corrected chi connectivity index (χ2v) is 5.57. The summed E-state index contributed by atoms with van der Waals surface area (Å²) >= 11 is 0. The van der Waals surface area contributed by atoms with Crippen LogP contribution in [0.15, 0.2) is 18.2 Å². The first-order valence-electron chi connectivity index (χ1n) is 7.20. The van der Waals surface area contributed by atoms with Gasteiger partial charge in [-0.25, -0.2) is 0 Å². The monoisotopic (exact) mass is 356 g/mol. The predicted octanol–water partition coefficient (Wildman–Crippen LogP) is 0.302. The van der Waals surface area contributed by atoms with Crippen molar-refractivity contribution in [3.05, 3.63) is 28.3 Å². The summed E-state index contributed by atoms with van der Waals surface area (Å²) in [6, 6.07) is 3.93. The molecule has 2 aliphatic heterocycles. The van der Waals surface area contributed by atoms with Crippen LogP contribution in [0.4, 0.5) is 11.4 Å². The molecule has 0 unspecified atom stereocenters. The molecule has 2 amide bonds. The van der Waals surface area contributed by atoms with Crippen molar-refractivity contribution < 1.29 is 19.2 Å². The number of nitrogens with zero attached hydrogens (tertiary/aromatic N) is 3. The summed E-state index contributed by atoms with van der Waals surface area (Å²) in [5.41, 5.74) is 5.86. The Bertz CT molecular complexity index is 683. The van der Waals surface area contributed by atoms with E-state index in [-0.39, 0.29) is 48.9 Å². The molecule has 1 aromatic carbocycles. The third-order valence-corrected chi connectivity index (χ3v) is 3.97. The van der Waals surface area contributed by atoms with Crippen LogP contribution in [0.25, 0.3) is 0 Å². The highest BCUT2D eigenvalue weighted by molar-refractivity contribution is 6.02. The third kappa shape index (κ3) is 3.41. The minimum absolute atomic E-state index is 0. The molecule has 0 bridgehead atoms. The van der Waals surface area contributed by atoms with E-state index in [2.05, 4.69) is 0 Å². The Morgan fingerprint density at radius 2 is 2.21 bits per heavy atom. The van der Waals surface area contributed by atoms with Gasteiger partial charge in [0, 0.05) is 31.3 Å². The summed E-state index contributed by atoms with van der Waals surface area (Å²) in [6.45, 7) is 0.639. The number of hydrogen-bond acceptors (Lipinski definition) is 6. The van der Waals surface area contributed by atoms with Gasteiger partial charge in [0.1, 0.15) is 12.3 Å². The van der Waals surface area contributed by atoms with Crippen LogP contribution in [-0.2, 0) is 9.59 Å². The van der Waals surface area contributed by atoms with Crippen LogP contribution in [0.1, 0.15) is 6.42 Å². The Balaban J connectivity index is 0.00000208. The Hall–Kier alpha value is -2.39. The van der Waals surface area contributed by atoms with Gasteiger partial charge in [-0.05, 0) is 12.5 Å². The first kappa shape index (κ1) is 18.0. The average Bonchev–Trinajstić information content (AvgIpc) is 2.96. The zero-order valence-electron chi connectivity index (χ0n) is 12.7. The van der Waals surface area contributed by atoms with Crippen LogP contribution in [0.3, 0.4) is 0 Å². The molecule has 0 saturated carbocycles. The third-order valence-electron chi connectivity index (χ3n) is 3.97. The van der Waals surface area contributed by atoms with Gasteiger partial charge in [0.2, 0.25) is 5.91 Å². The number of halogens is 1. The van der Waals surface area contributed by atoms with Crippen molar-refractivity contribution in [1.29, 1.82) is 0 Å². The zero-order chi connectivity index (χ0) is 16.6. The SMILES string of the molecule is Cl.N[C@@H]1CCN(C(=O)CN2C(=O)COc3ccc([N+](=O)[O-])cc32)C1. The number of carbonyl (C=O) groups excluding carboxylic acids is 2. The molecule has 3 rings (SSSR count). The lowest BCUT2D eigenvalue weighted by Gasteiger charge is -2.30. The van der Waals surface area contributed by atoms with E-state index < -0.39 is 10.8 Å². The Morgan fingerprint density at radius 1 is 1.46 bits per heavy atom. The molecule has 130 valence electrons. The minimum atomic E-state index is -0.557. The number of rotatable bonds is 3. The molecule has 1 fully saturated rings. The summed E-state index contributed by atoms with van der Waals surface area (Å²) in [5.74, 6) is -0.290. The van der Waals surface area contributed by atoms with Crippen LogP contribution in [0.2, 0.25) is 0 Å². The van der Waals surface area contributed by atoms with Crippen molar-refractivity contribution in [2.75, 3.05) is 31.1 Å². The second-order valence-electron chi connectivity index (χ2n) is 5.57. The van der Waals surface area contributed by atoms with Gasteiger partial charge in [-0.3, -0.25) is 24.6 Å². The maximum absolute atomic E-state index is 12.3. The number of nitro groups is 1. The molecule has 1 atom stereocenters. The number of amides is 2. The Labute approximate surface area is 143 Å². The van der Waals surface area contributed by atoms with Crippen molar-refractivity contribution in [2.24, 2.45) is 5.73 Å². The summed E-state index contributed by atoms with van der Waals surface area (Å²) in [7, 11) is 0. The molecular weight excluding hydrogens is 340 g/mol. The van der Waals surface area contributed by atoms with Gasteiger partial charge in [-0.15, -0.1) is 12.4 Å².